The van der Waals surface area contributed by atoms with E-state index >= 15 is 0 Å². The summed E-state index contributed by atoms with van der Waals surface area (Å²) in [6.07, 6.45) is 0. The fourth-order valence-electron chi connectivity index (χ4n) is 0.534. The molecule has 0 atom stereocenters. The largest absolute Gasteiger partial charge is 0.327 e. The van der Waals surface area contributed by atoms with E-state index in [9.17, 15) is 0 Å². The third kappa shape index (κ3) is 7.03. The molecule has 1 rings (SSSR count). The first-order valence-corrected chi connectivity index (χ1v) is 4.03. The molecule has 0 heterocycles. The van der Waals surface area contributed by atoms with Crippen molar-refractivity contribution in [2.75, 3.05) is 6.54 Å². The summed E-state index contributed by atoms with van der Waals surface area (Å²) in [5.41, 5.74) is 7.43. The van der Waals surface area contributed by atoms with E-state index in [1.165, 1.54) is 5.56 Å². The predicted molar refractivity (Wildman–Crippen MR) is 55.0 cm³/mol. The minimum absolute atomic E-state index is 0.611. The van der Waals surface area contributed by atoms with Crippen molar-refractivity contribution >= 4 is 0 Å². The van der Waals surface area contributed by atoms with E-state index in [2.05, 4.69) is 25.6 Å². The minimum Gasteiger partial charge on any atom is -0.327 e. The fourth-order valence-corrected chi connectivity index (χ4v) is 0.534. The number of aryl methyl sites for hydroxylation is 1. The molecule has 0 saturated carbocycles. The van der Waals surface area contributed by atoms with Gasteiger partial charge in [0.1, 0.15) is 0 Å². The Kier molecular flexibility index (Phi) is 6.02. The van der Waals surface area contributed by atoms with E-state index in [4.69, 9.17) is 5.73 Å². The summed E-state index contributed by atoms with van der Waals surface area (Å²) in [7, 11) is 0. The third-order valence-electron chi connectivity index (χ3n) is 1.29. The maximum absolute atomic E-state index is 5.07. The van der Waals surface area contributed by atoms with Gasteiger partial charge in [-0.1, -0.05) is 48.0 Å². The molecule has 1 aromatic rings. The quantitative estimate of drug-likeness (QED) is 0.632. The molecule has 0 saturated heterocycles. The van der Waals surface area contributed by atoms with Crippen LogP contribution < -0.4 is 5.73 Å². The number of benzene rings is 1. The Morgan fingerprint density at radius 3 is 1.92 bits per heavy atom. The maximum atomic E-state index is 5.07. The van der Waals surface area contributed by atoms with Gasteiger partial charge in [-0.05, 0) is 13.8 Å². The monoisotopic (exact) mass is 163 g/mol. The van der Waals surface area contributed by atoms with Crippen molar-refractivity contribution in [3.05, 3.63) is 48.0 Å². The zero-order valence-corrected chi connectivity index (χ0v) is 7.88. The molecule has 0 unspecified atom stereocenters. The van der Waals surface area contributed by atoms with Gasteiger partial charge in [-0.2, -0.15) is 0 Å². The minimum atomic E-state index is 0.611. The summed E-state index contributed by atoms with van der Waals surface area (Å²) < 4.78 is 0. The highest BCUT2D eigenvalue weighted by molar-refractivity contribution is 5.11. The molecule has 0 aliphatic carbocycles. The molecule has 1 nitrogen and oxygen atoms in total. The Balaban J connectivity index is 0.000000217. The molecule has 1 heteroatoms. The first-order valence-electron chi connectivity index (χ1n) is 4.03. The van der Waals surface area contributed by atoms with Crippen molar-refractivity contribution in [1.29, 1.82) is 0 Å². The van der Waals surface area contributed by atoms with Crippen molar-refractivity contribution in [3.8, 4) is 0 Å². The van der Waals surface area contributed by atoms with Crippen LogP contribution in [0.4, 0.5) is 0 Å². The van der Waals surface area contributed by atoms with Gasteiger partial charge in [-0.15, -0.1) is 0 Å². The highest BCUT2D eigenvalue weighted by Crippen LogP contribution is 1.92. The van der Waals surface area contributed by atoms with E-state index in [1.807, 2.05) is 25.1 Å². The van der Waals surface area contributed by atoms with Crippen LogP contribution in [0.15, 0.2) is 42.5 Å². The van der Waals surface area contributed by atoms with Crippen LogP contribution in [0.5, 0.6) is 0 Å². The molecule has 0 radical (unpaired) electrons. The Labute approximate surface area is 74.9 Å². The SMILES string of the molecule is C=C(C)CN.Cc1ccccc1. The molecule has 66 valence electrons. The van der Waals surface area contributed by atoms with Gasteiger partial charge in [0.05, 0.1) is 0 Å². The molecule has 0 amide bonds. The molecular weight excluding hydrogens is 146 g/mol. The second-order valence-electron chi connectivity index (χ2n) is 2.82. The van der Waals surface area contributed by atoms with Gasteiger partial charge < -0.3 is 5.73 Å². The number of nitrogens with two attached hydrogens (primary N) is 1. The van der Waals surface area contributed by atoms with Crippen molar-refractivity contribution in [3.63, 3.8) is 0 Å². The second kappa shape index (κ2) is 6.62. The molecule has 0 aliphatic rings. The van der Waals surface area contributed by atoms with Crippen LogP contribution >= 0.6 is 0 Å². The van der Waals surface area contributed by atoms with Crippen molar-refractivity contribution in [1.82, 2.24) is 0 Å². The zero-order valence-electron chi connectivity index (χ0n) is 7.88. The third-order valence-corrected chi connectivity index (χ3v) is 1.29. The average molecular weight is 163 g/mol. The van der Waals surface area contributed by atoms with Crippen LogP contribution in [0, 0.1) is 6.92 Å². The number of rotatable bonds is 1. The van der Waals surface area contributed by atoms with E-state index in [-0.39, 0.29) is 0 Å². The van der Waals surface area contributed by atoms with E-state index in [0.29, 0.717) is 6.54 Å². The molecule has 12 heavy (non-hydrogen) atoms. The highest BCUT2D eigenvalue weighted by Gasteiger charge is 1.72. The first kappa shape index (κ1) is 10.9. The smallest absolute Gasteiger partial charge is 0.0131 e. The molecule has 0 aliphatic heterocycles. The van der Waals surface area contributed by atoms with Crippen LogP contribution in [0.3, 0.4) is 0 Å². The van der Waals surface area contributed by atoms with Gasteiger partial charge in [0.25, 0.3) is 0 Å². The van der Waals surface area contributed by atoms with Crippen LogP contribution in [0.1, 0.15) is 12.5 Å². The fraction of sp³-hybridized carbons (Fsp3) is 0.273. The lowest BCUT2D eigenvalue weighted by Crippen LogP contribution is -1.97. The Morgan fingerprint density at radius 2 is 1.75 bits per heavy atom. The van der Waals surface area contributed by atoms with Crippen molar-refractivity contribution in [2.45, 2.75) is 13.8 Å². The van der Waals surface area contributed by atoms with Gasteiger partial charge in [-0.25, -0.2) is 0 Å². The topological polar surface area (TPSA) is 26.0 Å². The van der Waals surface area contributed by atoms with Gasteiger partial charge >= 0.3 is 0 Å². The van der Waals surface area contributed by atoms with E-state index in [0.717, 1.165) is 5.57 Å². The van der Waals surface area contributed by atoms with Gasteiger partial charge in [0.15, 0.2) is 0 Å². The maximum Gasteiger partial charge on any atom is 0.0131 e. The van der Waals surface area contributed by atoms with E-state index in [1.54, 1.807) is 0 Å². The van der Waals surface area contributed by atoms with Crippen molar-refractivity contribution < 1.29 is 0 Å². The normalized spacial score (nSPS) is 8.25. The van der Waals surface area contributed by atoms with Crippen LogP contribution in [0.25, 0.3) is 0 Å². The van der Waals surface area contributed by atoms with Crippen LogP contribution in [0.2, 0.25) is 0 Å². The molecule has 0 bridgehead atoms. The van der Waals surface area contributed by atoms with Gasteiger partial charge in [0, 0.05) is 6.54 Å². The Hall–Kier alpha value is -1.08. The van der Waals surface area contributed by atoms with E-state index < -0.39 is 0 Å². The Bertz CT molecular complexity index is 214. The second-order valence-corrected chi connectivity index (χ2v) is 2.82. The summed E-state index contributed by atoms with van der Waals surface area (Å²) in [6.45, 7) is 8.15. The number of hydrogen-bond donors (Lipinski definition) is 1. The lowest BCUT2D eigenvalue weighted by molar-refractivity contribution is 1.15. The molecular formula is C11H17N. The lowest BCUT2D eigenvalue weighted by Gasteiger charge is -1.82. The lowest BCUT2D eigenvalue weighted by atomic mass is 10.2. The van der Waals surface area contributed by atoms with Crippen LogP contribution in [-0.2, 0) is 0 Å². The molecule has 0 spiro atoms. The number of hydrogen-bond acceptors (Lipinski definition) is 1. The first-order chi connectivity index (χ1) is 5.66. The summed E-state index contributed by atoms with van der Waals surface area (Å²) in [5, 5.41) is 0. The molecule has 1 aromatic carbocycles. The average Bonchev–Trinajstić information content (AvgIpc) is 2.07. The predicted octanol–water partition coefficient (Wildman–Crippen LogP) is 2.52. The van der Waals surface area contributed by atoms with Crippen LogP contribution in [-0.4, -0.2) is 6.54 Å². The molecule has 0 aromatic heterocycles. The summed E-state index contributed by atoms with van der Waals surface area (Å²) in [6, 6.07) is 10.3. The summed E-state index contributed by atoms with van der Waals surface area (Å²) >= 11 is 0. The molecule has 0 fully saturated rings. The van der Waals surface area contributed by atoms with Crippen molar-refractivity contribution in [2.24, 2.45) is 5.73 Å². The van der Waals surface area contributed by atoms with Gasteiger partial charge in [0.2, 0.25) is 0 Å². The standard InChI is InChI=1S/C7H8.C4H9N/c1-7-5-3-2-4-6-7;1-4(2)3-5/h2-6H,1H3;1,3,5H2,2H3. The highest BCUT2D eigenvalue weighted by atomic mass is 14.5. The molecule has 2 N–H and O–H groups in total. The Morgan fingerprint density at radius 1 is 1.33 bits per heavy atom. The zero-order chi connectivity index (χ0) is 9.40. The summed E-state index contributed by atoms with van der Waals surface area (Å²) in [4.78, 5) is 0. The van der Waals surface area contributed by atoms with Gasteiger partial charge in [-0.3, -0.25) is 0 Å². The summed E-state index contributed by atoms with van der Waals surface area (Å²) in [5.74, 6) is 0.